The van der Waals surface area contributed by atoms with Crippen molar-refractivity contribution in [2.24, 2.45) is 5.92 Å². The SMILES string of the molecule is COC(Cc1ccccc1)C1CCN(C(Cc2ccccc2)OC)CC1. The molecule has 0 aromatic heterocycles. The topological polar surface area (TPSA) is 21.7 Å². The van der Waals surface area contributed by atoms with E-state index in [1.165, 1.54) is 24.0 Å². The molecule has 1 saturated heterocycles. The lowest BCUT2D eigenvalue weighted by atomic mass is 9.87. The molecule has 0 radical (unpaired) electrons. The third kappa shape index (κ3) is 5.16. The Labute approximate surface area is 157 Å². The summed E-state index contributed by atoms with van der Waals surface area (Å²) in [6.45, 7) is 2.15. The van der Waals surface area contributed by atoms with Gasteiger partial charge in [-0.3, -0.25) is 4.90 Å². The van der Waals surface area contributed by atoms with Gasteiger partial charge in [0.25, 0.3) is 0 Å². The first-order valence-corrected chi connectivity index (χ1v) is 9.67. The first-order valence-electron chi connectivity index (χ1n) is 9.67. The van der Waals surface area contributed by atoms with Gasteiger partial charge >= 0.3 is 0 Å². The minimum Gasteiger partial charge on any atom is -0.381 e. The normalized spacial score (nSPS) is 18.5. The Bertz CT molecular complexity index is 566. The van der Waals surface area contributed by atoms with Crippen molar-refractivity contribution in [1.82, 2.24) is 4.90 Å². The zero-order chi connectivity index (χ0) is 18.2. The average molecular weight is 354 g/mol. The van der Waals surface area contributed by atoms with Crippen LogP contribution in [0.25, 0.3) is 0 Å². The number of likely N-dealkylation sites (tertiary alicyclic amines) is 1. The van der Waals surface area contributed by atoms with Crippen molar-refractivity contribution < 1.29 is 9.47 Å². The molecule has 3 rings (SSSR count). The molecule has 26 heavy (non-hydrogen) atoms. The van der Waals surface area contributed by atoms with Crippen molar-refractivity contribution in [2.75, 3.05) is 27.3 Å². The molecule has 3 heteroatoms. The van der Waals surface area contributed by atoms with Gasteiger partial charge in [-0.2, -0.15) is 0 Å². The van der Waals surface area contributed by atoms with Gasteiger partial charge in [-0.25, -0.2) is 0 Å². The molecule has 2 atom stereocenters. The number of methoxy groups -OCH3 is 2. The molecule has 1 fully saturated rings. The fourth-order valence-electron chi connectivity index (χ4n) is 4.05. The van der Waals surface area contributed by atoms with Crippen LogP contribution in [0.2, 0.25) is 0 Å². The number of piperidine rings is 1. The lowest BCUT2D eigenvalue weighted by Gasteiger charge is -2.39. The Morgan fingerprint density at radius 2 is 1.35 bits per heavy atom. The number of rotatable bonds is 8. The van der Waals surface area contributed by atoms with Crippen molar-refractivity contribution in [3.05, 3.63) is 71.8 Å². The fraction of sp³-hybridized carbons (Fsp3) is 0.478. The maximum Gasteiger partial charge on any atom is 0.114 e. The number of benzene rings is 2. The van der Waals surface area contributed by atoms with E-state index in [1.54, 1.807) is 0 Å². The summed E-state index contributed by atoms with van der Waals surface area (Å²) in [5, 5.41) is 0. The maximum atomic E-state index is 5.86. The van der Waals surface area contributed by atoms with E-state index in [1.807, 2.05) is 14.2 Å². The van der Waals surface area contributed by atoms with E-state index in [-0.39, 0.29) is 6.23 Å². The molecule has 0 aliphatic carbocycles. The summed E-state index contributed by atoms with van der Waals surface area (Å²) in [6, 6.07) is 21.3. The van der Waals surface area contributed by atoms with Gasteiger partial charge in [0.05, 0.1) is 6.10 Å². The molecule has 2 aromatic carbocycles. The summed E-state index contributed by atoms with van der Waals surface area (Å²) in [5.41, 5.74) is 2.70. The van der Waals surface area contributed by atoms with Crippen LogP contribution in [0, 0.1) is 5.92 Å². The molecule has 0 bridgehead atoms. The van der Waals surface area contributed by atoms with Crippen LogP contribution < -0.4 is 0 Å². The lowest BCUT2D eigenvalue weighted by molar-refractivity contribution is -0.0615. The monoisotopic (exact) mass is 353 g/mol. The summed E-state index contributed by atoms with van der Waals surface area (Å²) in [4.78, 5) is 2.48. The summed E-state index contributed by atoms with van der Waals surface area (Å²) in [5.74, 6) is 0.616. The smallest absolute Gasteiger partial charge is 0.114 e. The molecular weight excluding hydrogens is 322 g/mol. The van der Waals surface area contributed by atoms with E-state index in [0.29, 0.717) is 12.0 Å². The standard InChI is InChI=1S/C23H31NO2/c1-25-22(17-19-9-5-3-6-10-19)21-13-15-24(16-14-21)23(26-2)18-20-11-7-4-8-12-20/h3-12,21-23H,13-18H2,1-2H3. The van der Waals surface area contributed by atoms with E-state index in [4.69, 9.17) is 9.47 Å². The second-order valence-electron chi connectivity index (χ2n) is 7.22. The molecule has 2 aromatic rings. The van der Waals surface area contributed by atoms with Crippen LogP contribution in [0.5, 0.6) is 0 Å². The summed E-state index contributed by atoms with van der Waals surface area (Å²) in [6.07, 6.45) is 4.74. The van der Waals surface area contributed by atoms with E-state index < -0.39 is 0 Å². The van der Waals surface area contributed by atoms with Gasteiger partial charge in [-0.05, 0) is 36.3 Å². The second-order valence-corrected chi connectivity index (χ2v) is 7.22. The third-order valence-electron chi connectivity index (χ3n) is 5.61. The molecule has 1 aliphatic heterocycles. The van der Waals surface area contributed by atoms with Crippen molar-refractivity contribution in [3.63, 3.8) is 0 Å². The highest BCUT2D eigenvalue weighted by atomic mass is 16.5. The summed E-state index contributed by atoms with van der Waals surface area (Å²) in [7, 11) is 3.68. The predicted molar refractivity (Wildman–Crippen MR) is 106 cm³/mol. The van der Waals surface area contributed by atoms with Crippen molar-refractivity contribution in [1.29, 1.82) is 0 Å². The number of ether oxygens (including phenoxy) is 2. The van der Waals surface area contributed by atoms with E-state index in [0.717, 1.165) is 25.9 Å². The van der Waals surface area contributed by atoms with Gasteiger partial charge in [-0.1, -0.05) is 60.7 Å². The van der Waals surface area contributed by atoms with Crippen LogP contribution in [-0.2, 0) is 22.3 Å². The lowest BCUT2D eigenvalue weighted by Crippen LogP contribution is -2.45. The van der Waals surface area contributed by atoms with E-state index in [9.17, 15) is 0 Å². The number of hydrogen-bond acceptors (Lipinski definition) is 3. The summed E-state index contributed by atoms with van der Waals surface area (Å²) < 4.78 is 11.7. The molecule has 3 nitrogen and oxygen atoms in total. The van der Waals surface area contributed by atoms with Crippen molar-refractivity contribution in [3.8, 4) is 0 Å². The largest absolute Gasteiger partial charge is 0.381 e. The Morgan fingerprint density at radius 1 is 0.808 bits per heavy atom. The minimum atomic E-state index is 0.161. The van der Waals surface area contributed by atoms with Gasteiger partial charge in [0, 0.05) is 33.7 Å². The van der Waals surface area contributed by atoms with Gasteiger partial charge in [0.2, 0.25) is 0 Å². The van der Waals surface area contributed by atoms with Crippen LogP contribution in [0.1, 0.15) is 24.0 Å². The molecule has 0 saturated carbocycles. The van der Waals surface area contributed by atoms with Gasteiger partial charge in [0.15, 0.2) is 0 Å². The third-order valence-corrected chi connectivity index (χ3v) is 5.61. The molecule has 2 unspecified atom stereocenters. The van der Waals surface area contributed by atoms with Crippen molar-refractivity contribution >= 4 is 0 Å². The van der Waals surface area contributed by atoms with E-state index in [2.05, 4.69) is 65.6 Å². The predicted octanol–water partition coefficient (Wildman–Crippen LogP) is 4.17. The van der Waals surface area contributed by atoms with Crippen molar-refractivity contribution in [2.45, 2.75) is 38.0 Å². The van der Waals surface area contributed by atoms with Crippen LogP contribution in [-0.4, -0.2) is 44.5 Å². The van der Waals surface area contributed by atoms with Gasteiger partial charge in [-0.15, -0.1) is 0 Å². The second kappa shape index (κ2) is 9.86. The Hall–Kier alpha value is -1.68. The zero-order valence-corrected chi connectivity index (χ0v) is 16.0. The maximum absolute atomic E-state index is 5.86. The molecule has 1 aliphatic rings. The molecular formula is C23H31NO2. The fourth-order valence-corrected chi connectivity index (χ4v) is 4.05. The first kappa shape index (κ1) is 19.1. The van der Waals surface area contributed by atoms with Crippen LogP contribution in [0.3, 0.4) is 0 Å². The van der Waals surface area contributed by atoms with Crippen LogP contribution in [0.4, 0.5) is 0 Å². The molecule has 1 heterocycles. The van der Waals surface area contributed by atoms with Crippen LogP contribution >= 0.6 is 0 Å². The minimum absolute atomic E-state index is 0.161. The van der Waals surface area contributed by atoms with E-state index >= 15 is 0 Å². The number of nitrogens with zero attached hydrogens (tertiary/aromatic N) is 1. The molecule has 0 spiro atoms. The van der Waals surface area contributed by atoms with Gasteiger partial charge < -0.3 is 9.47 Å². The number of hydrogen-bond donors (Lipinski definition) is 0. The van der Waals surface area contributed by atoms with Crippen LogP contribution in [0.15, 0.2) is 60.7 Å². The molecule has 0 amide bonds. The van der Waals surface area contributed by atoms with Gasteiger partial charge in [0.1, 0.15) is 6.23 Å². The average Bonchev–Trinajstić information content (AvgIpc) is 2.72. The Morgan fingerprint density at radius 3 is 1.85 bits per heavy atom. The highest BCUT2D eigenvalue weighted by molar-refractivity contribution is 5.16. The highest BCUT2D eigenvalue weighted by Crippen LogP contribution is 2.26. The Balaban J connectivity index is 1.53. The first-order chi connectivity index (χ1) is 12.8. The molecule has 140 valence electrons. The quantitative estimate of drug-likeness (QED) is 0.711. The molecule has 0 N–H and O–H groups in total. The Kier molecular flexibility index (Phi) is 7.24. The highest BCUT2D eigenvalue weighted by Gasteiger charge is 2.29. The zero-order valence-electron chi connectivity index (χ0n) is 16.0. The summed E-state index contributed by atoms with van der Waals surface area (Å²) >= 11 is 0.